The minimum atomic E-state index is -0.241. The van der Waals surface area contributed by atoms with Crippen molar-refractivity contribution in [2.75, 3.05) is 23.4 Å². The first-order valence-electron chi connectivity index (χ1n) is 7.82. The number of fused-ring (bicyclic) bond motifs is 3. The second-order valence-electron chi connectivity index (χ2n) is 6.19. The van der Waals surface area contributed by atoms with Crippen LogP contribution in [0.1, 0.15) is 17.2 Å². The molecule has 1 unspecified atom stereocenters. The average molecular weight is 318 g/mol. The molecule has 0 bridgehead atoms. The van der Waals surface area contributed by atoms with E-state index in [1.807, 2.05) is 55.6 Å². The highest BCUT2D eigenvalue weighted by molar-refractivity contribution is 5.88. The van der Waals surface area contributed by atoms with Crippen LogP contribution in [0.4, 0.5) is 21.5 Å². The molecule has 3 nitrogen and oxygen atoms in total. The van der Waals surface area contributed by atoms with Gasteiger partial charge in [0.15, 0.2) is 0 Å². The van der Waals surface area contributed by atoms with Gasteiger partial charge < -0.3 is 16.4 Å². The number of benzene rings is 3. The summed E-state index contributed by atoms with van der Waals surface area (Å²) in [6.07, 6.45) is 0. The highest BCUT2D eigenvalue weighted by Crippen LogP contribution is 2.47. The molecule has 0 spiro atoms. The number of hydrogen-bond acceptors (Lipinski definition) is 3. The van der Waals surface area contributed by atoms with E-state index >= 15 is 0 Å². The zero-order valence-electron chi connectivity index (χ0n) is 13.3. The van der Waals surface area contributed by atoms with Crippen molar-refractivity contribution >= 4 is 17.1 Å². The van der Waals surface area contributed by atoms with Crippen LogP contribution >= 0.6 is 0 Å². The Morgan fingerprint density at radius 2 is 1.46 bits per heavy atom. The lowest BCUT2D eigenvalue weighted by atomic mass is 9.85. The van der Waals surface area contributed by atoms with Gasteiger partial charge in [-0.3, -0.25) is 0 Å². The predicted molar refractivity (Wildman–Crippen MR) is 97.3 cm³/mol. The summed E-state index contributed by atoms with van der Waals surface area (Å²) in [5.74, 6) is -0.241. The third-order valence-corrected chi connectivity index (χ3v) is 4.64. The number of nitrogens with two attached hydrogens (primary N) is 2. The van der Waals surface area contributed by atoms with Crippen molar-refractivity contribution in [3.63, 3.8) is 0 Å². The van der Waals surface area contributed by atoms with Crippen LogP contribution in [-0.4, -0.2) is 7.05 Å². The Labute approximate surface area is 140 Å². The summed E-state index contributed by atoms with van der Waals surface area (Å²) < 4.78 is 13.4. The first-order chi connectivity index (χ1) is 11.5. The molecule has 1 aliphatic rings. The van der Waals surface area contributed by atoms with Crippen molar-refractivity contribution < 1.29 is 4.39 Å². The summed E-state index contributed by atoms with van der Waals surface area (Å²) >= 11 is 0. The summed E-state index contributed by atoms with van der Waals surface area (Å²) in [7, 11) is 2.03. The Morgan fingerprint density at radius 1 is 0.833 bits per heavy atom. The third-order valence-electron chi connectivity index (χ3n) is 4.64. The van der Waals surface area contributed by atoms with E-state index in [1.165, 1.54) is 12.1 Å². The summed E-state index contributed by atoms with van der Waals surface area (Å²) in [5, 5.41) is 0. The first-order valence-corrected chi connectivity index (χ1v) is 7.82. The summed E-state index contributed by atoms with van der Waals surface area (Å²) in [5.41, 5.74) is 18.9. The molecule has 4 rings (SSSR count). The van der Waals surface area contributed by atoms with E-state index in [-0.39, 0.29) is 11.9 Å². The molecule has 24 heavy (non-hydrogen) atoms. The molecule has 0 fully saturated rings. The molecule has 120 valence electrons. The van der Waals surface area contributed by atoms with Crippen molar-refractivity contribution in [1.82, 2.24) is 0 Å². The molecular weight excluding hydrogens is 300 g/mol. The smallest absolute Gasteiger partial charge is 0.123 e. The second kappa shape index (κ2) is 5.27. The van der Waals surface area contributed by atoms with Crippen LogP contribution in [0, 0.1) is 5.82 Å². The average Bonchev–Trinajstić information content (AvgIpc) is 2.57. The zero-order chi connectivity index (χ0) is 16.8. The van der Waals surface area contributed by atoms with E-state index < -0.39 is 0 Å². The van der Waals surface area contributed by atoms with Crippen LogP contribution in [0.3, 0.4) is 0 Å². The molecule has 0 radical (unpaired) electrons. The number of rotatable bonds is 1. The molecular formula is C20H18FN3. The van der Waals surface area contributed by atoms with Crippen LogP contribution < -0.4 is 16.4 Å². The third kappa shape index (κ3) is 2.19. The number of anilines is 3. The highest BCUT2D eigenvalue weighted by Gasteiger charge is 2.30. The van der Waals surface area contributed by atoms with Gasteiger partial charge in [0, 0.05) is 29.7 Å². The fourth-order valence-electron chi connectivity index (χ4n) is 3.52. The van der Waals surface area contributed by atoms with Crippen molar-refractivity contribution in [3.05, 3.63) is 77.6 Å². The zero-order valence-corrected chi connectivity index (χ0v) is 13.3. The summed E-state index contributed by atoms with van der Waals surface area (Å²) in [4.78, 5) is 2.17. The first kappa shape index (κ1) is 14.6. The van der Waals surface area contributed by atoms with Crippen LogP contribution in [0.2, 0.25) is 0 Å². The molecule has 3 aromatic rings. The van der Waals surface area contributed by atoms with Gasteiger partial charge in [0.1, 0.15) is 5.82 Å². The van der Waals surface area contributed by atoms with Gasteiger partial charge in [0.05, 0.1) is 6.04 Å². The van der Waals surface area contributed by atoms with E-state index in [4.69, 9.17) is 11.5 Å². The Kier molecular flexibility index (Phi) is 3.20. The van der Waals surface area contributed by atoms with Gasteiger partial charge in [-0.15, -0.1) is 0 Å². The predicted octanol–water partition coefficient (Wildman–Crippen LogP) is 4.20. The molecule has 4 heteroatoms. The molecule has 0 saturated carbocycles. The second-order valence-corrected chi connectivity index (χ2v) is 6.19. The lowest BCUT2D eigenvalue weighted by Gasteiger charge is -2.38. The Bertz CT molecular complexity index is 919. The fraction of sp³-hybridized carbons (Fsp3) is 0.100. The van der Waals surface area contributed by atoms with Crippen LogP contribution in [0.15, 0.2) is 60.7 Å². The number of hydrogen-bond donors (Lipinski definition) is 2. The molecule has 0 aromatic heterocycles. The Balaban J connectivity index is 1.98. The van der Waals surface area contributed by atoms with E-state index in [0.29, 0.717) is 5.69 Å². The standard InChI is InChI=1S/C20H18FN3/c1-24-19-11-15(23)7-9-17(19)16-8-6-14(22)10-18(16)20(24)12-2-4-13(21)5-3-12/h2-11,20H,22-23H2,1H3/i21-1. The number of halogens is 1. The lowest BCUT2D eigenvalue weighted by Crippen LogP contribution is -2.29. The normalized spacial score (nSPS) is 15.8. The van der Waals surface area contributed by atoms with E-state index in [2.05, 4.69) is 4.90 Å². The van der Waals surface area contributed by atoms with Gasteiger partial charge in [0.2, 0.25) is 0 Å². The van der Waals surface area contributed by atoms with E-state index in [0.717, 1.165) is 33.6 Å². The molecule has 0 amide bonds. The molecule has 3 aromatic carbocycles. The molecule has 4 N–H and O–H groups in total. The largest absolute Gasteiger partial charge is 0.399 e. The molecule has 1 atom stereocenters. The molecule has 1 aliphatic heterocycles. The highest BCUT2D eigenvalue weighted by atomic mass is 18.2. The maximum atomic E-state index is 13.4. The SMILES string of the molecule is CN1c2cc(N)ccc2-c2ccc(N)cc2C1c1ccc([18F])cc1. The van der Waals surface area contributed by atoms with E-state index in [1.54, 1.807) is 0 Å². The Hall–Kier alpha value is -3.01. The van der Waals surface area contributed by atoms with Crippen LogP contribution in [-0.2, 0) is 0 Å². The van der Waals surface area contributed by atoms with E-state index in [9.17, 15) is 4.39 Å². The quantitative estimate of drug-likeness (QED) is 0.661. The van der Waals surface area contributed by atoms with Crippen molar-refractivity contribution in [2.45, 2.75) is 6.04 Å². The number of nitrogen functional groups attached to an aromatic ring is 2. The lowest BCUT2D eigenvalue weighted by molar-refractivity contribution is 0.625. The molecule has 0 saturated heterocycles. The Morgan fingerprint density at radius 3 is 2.17 bits per heavy atom. The summed E-state index contributed by atoms with van der Waals surface area (Å²) in [6.45, 7) is 0. The topological polar surface area (TPSA) is 55.3 Å². The monoisotopic (exact) mass is 318 g/mol. The minimum Gasteiger partial charge on any atom is -0.399 e. The minimum absolute atomic E-state index is 0.0431. The van der Waals surface area contributed by atoms with Gasteiger partial charge in [-0.05, 0) is 53.1 Å². The van der Waals surface area contributed by atoms with Crippen molar-refractivity contribution in [3.8, 4) is 11.1 Å². The van der Waals surface area contributed by atoms with Gasteiger partial charge in [-0.2, -0.15) is 0 Å². The van der Waals surface area contributed by atoms with Gasteiger partial charge >= 0.3 is 0 Å². The van der Waals surface area contributed by atoms with Crippen molar-refractivity contribution in [1.29, 1.82) is 0 Å². The van der Waals surface area contributed by atoms with Crippen LogP contribution in [0.25, 0.3) is 11.1 Å². The molecule has 1 heterocycles. The number of nitrogens with zero attached hydrogens (tertiary/aromatic N) is 1. The van der Waals surface area contributed by atoms with Crippen LogP contribution in [0.5, 0.6) is 0 Å². The maximum Gasteiger partial charge on any atom is 0.123 e. The van der Waals surface area contributed by atoms with Gasteiger partial charge in [-0.25, -0.2) is 4.39 Å². The van der Waals surface area contributed by atoms with Gasteiger partial charge in [-0.1, -0.05) is 24.3 Å². The molecule has 0 aliphatic carbocycles. The maximum absolute atomic E-state index is 13.4. The summed E-state index contributed by atoms with van der Waals surface area (Å²) in [6, 6.07) is 18.5. The van der Waals surface area contributed by atoms with Crippen molar-refractivity contribution in [2.24, 2.45) is 0 Å². The fourth-order valence-corrected chi connectivity index (χ4v) is 3.52. The van der Waals surface area contributed by atoms with Gasteiger partial charge in [0.25, 0.3) is 0 Å².